The van der Waals surface area contributed by atoms with E-state index in [1.54, 1.807) is 14.2 Å². The van der Waals surface area contributed by atoms with Crippen molar-refractivity contribution in [1.29, 1.82) is 0 Å². The highest BCUT2D eigenvalue weighted by Crippen LogP contribution is 2.20. The van der Waals surface area contributed by atoms with E-state index in [0.29, 0.717) is 31.8 Å². The summed E-state index contributed by atoms with van der Waals surface area (Å²) in [5, 5.41) is 9.42. The monoisotopic (exact) mass is 518 g/mol. The molecule has 1 amide bonds. The first-order valence-electron chi connectivity index (χ1n) is 10.1. The largest absolute Gasteiger partial charge is 0.491 e. The molecule has 1 fully saturated rings. The highest BCUT2D eigenvalue weighted by Gasteiger charge is 2.15. The lowest BCUT2D eigenvalue weighted by atomic mass is 9.95. The Bertz CT molecular complexity index is 649. The van der Waals surface area contributed by atoms with Gasteiger partial charge in [0.15, 0.2) is 5.96 Å². The van der Waals surface area contributed by atoms with Gasteiger partial charge in [0.2, 0.25) is 5.91 Å². The van der Waals surface area contributed by atoms with Crippen molar-refractivity contribution < 1.29 is 14.3 Å². The van der Waals surface area contributed by atoms with Crippen molar-refractivity contribution in [3.05, 3.63) is 29.3 Å². The first kappa shape index (κ1) is 25.5. The second kappa shape index (κ2) is 14.4. The molecule has 7 nitrogen and oxygen atoms in total. The van der Waals surface area contributed by atoms with E-state index in [4.69, 9.17) is 9.47 Å². The van der Waals surface area contributed by atoms with Gasteiger partial charge < -0.3 is 25.4 Å². The number of halogens is 1. The first-order valence-corrected chi connectivity index (χ1v) is 10.1. The molecule has 0 bridgehead atoms. The summed E-state index contributed by atoms with van der Waals surface area (Å²) in [6, 6.07) is 6.42. The topological polar surface area (TPSA) is 84.0 Å². The molecule has 1 aliphatic carbocycles. The van der Waals surface area contributed by atoms with Gasteiger partial charge in [-0.25, -0.2) is 0 Å². The van der Waals surface area contributed by atoms with E-state index in [9.17, 15) is 4.79 Å². The number of hydrogen-bond acceptors (Lipinski definition) is 4. The molecule has 0 aromatic heterocycles. The third kappa shape index (κ3) is 9.66. The minimum absolute atomic E-state index is 0. The maximum atomic E-state index is 12.2. The lowest BCUT2D eigenvalue weighted by Gasteiger charge is -2.23. The summed E-state index contributed by atoms with van der Waals surface area (Å²) in [7, 11) is 3.35. The Morgan fingerprint density at radius 2 is 1.93 bits per heavy atom. The predicted octanol–water partition coefficient (Wildman–Crippen LogP) is 2.75. The van der Waals surface area contributed by atoms with Gasteiger partial charge in [-0.2, -0.15) is 0 Å². The Balaban J connectivity index is 0.00000420. The van der Waals surface area contributed by atoms with Gasteiger partial charge in [-0.3, -0.25) is 9.79 Å². The van der Waals surface area contributed by atoms with Crippen LogP contribution in [0.2, 0.25) is 0 Å². The number of carbonyl (C=O) groups is 1. The standard InChI is InChI=1S/C21H34N4O3.HI/c1-16-9-10-17(19(13-16)28-12-11-27-3)14-23-21(22-2)24-15-20(26)25-18-7-5-4-6-8-18;/h9-10,13,18H,4-8,11-12,14-15H2,1-3H3,(H,25,26)(H2,22,23,24);1H. The number of ether oxygens (including phenoxy) is 2. The summed E-state index contributed by atoms with van der Waals surface area (Å²) in [4.78, 5) is 16.4. The molecular formula is C21H35IN4O3. The summed E-state index contributed by atoms with van der Waals surface area (Å²) >= 11 is 0. The van der Waals surface area contributed by atoms with Crippen LogP contribution in [0.3, 0.4) is 0 Å². The van der Waals surface area contributed by atoms with Crippen LogP contribution in [0.1, 0.15) is 43.2 Å². The molecule has 1 aliphatic rings. The van der Waals surface area contributed by atoms with Crippen molar-refractivity contribution in [2.75, 3.05) is 33.9 Å². The third-order valence-corrected chi connectivity index (χ3v) is 4.82. The van der Waals surface area contributed by atoms with Gasteiger partial charge in [0.1, 0.15) is 12.4 Å². The van der Waals surface area contributed by atoms with Crippen LogP contribution >= 0.6 is 24.0 Å². The molecule has 0 saturated heterocycles. The number of amides is 1. The minimum Gasteiger partial charge on any atom is -0.491 e. The molecule has 0 atom stereocenters. The summed E-state index contributed by atoms with van der Waals surface area (Å²) < 4.78 is 10.9. The maximum absolute atomic E-state index is 12.2. The molecule has 0 aliphatic heterocycles. The summed E-state index contributed by atoms with van der Waals surface area (Å²) in [6.45, 7) is 3.83. The van der Waals surface area contributed by atoms with Gasteiger partial charge in [0, 0.05) is 32.3 Å². The predicted molar refractivity (Wildman–Crippen MR) is 127 cm³/mol. The lowest BCUT2D eigenvalue weighted by Crippen LogP contribution is -2.45. The van der Waals surface area contributed by atoms with E-state index < -0.39 is 0 Å². The number of aliphatic imine (C=N–C) groups is 1. The summed E-state index contributed by atoms with van der Waals surface area (Å²) in [6.07, 6.45) is 5.84. The molecule has 3 N–H and O–H groups in total. The Hall–Kier alpha value is -1.55. The normalized spacial score (nSPS) is 14.7. The van der Waals surface area contributed by atoms with Gasteiger partial charge >= 0.3 is 0 Å². The number of carbonyl (C=O) groups excluding carboxylic acids is 1. The van der Waals surface area contributed by atoms with Crippen LogP contribution in [0.15, 0.2) is 23.2 Å². The second-order valence-electron chi connectivity index (χ2n) is 7.13. The third-order valence-electron chi connectivity index (χ3n) is 4.82. The van der Waals surface area contributed by atoms with E-state index in [1.807, 2.05) is 25.1 Å². The number of benzene rings is 1. The van der Waals surface area contributed by atoms with E-state index in [1.165, 1.54) is 19.3 Å². The van der Waals surface area contributed by atoms with E-state index in [2.05, 4.69) is 20.9 Å². The molecule has 0 radical (unpaired) electrons. The molecule has 1 aromatic carbocycles. The van der Waals surface area contributed by atoms with Crippen LogP contribution in [-0.2, 0) is 16.1 Å². The number of methoxy groups -OCH3 is 1. The Labute approximate surface area is 191 Å². The summed E-state index contributed by atoms with van der Waals surface area (Å²) in [5.41, 5.74) is 2.16. The van der Waals surface area contributed by atoms with Crippen molar-refractivity contribution in [3.63, 3.8) is 0 Å². The van der Waals surface area contributed by atoms with Crippen LogP contribution in [-0.4, -0.2) is 51.8 Å². The molecule has 8 heteroatoms. The van der Waals surface area contributed by atoms with Crippen molar-refractivity contribution in [3.8, 4) is 5.75 Å². The Morgan fingerprint density at radius 1 is 1.17 bits per heavy atom. The van der Waals surface area contributed by atoms with E-state index in [0.717, 1.165) is 29.7 Å². The zero-order chi connectivity index (χ0) is 20.2. The fraction of sp³-hybridized carbons (Fsp3) is 0.619. The van der Waals surface area contributed by atoms with Gasteiger partial charge in [-0.15, -0.1) is 24.0 Å². The number of nitrogens with one attached hydrogen (secondary N) is 3. The number of hydrogen-bond donors (Lipinski definition) is 3. The highest BCUT2D eigenvalue weighted by molar-refractivity contribution is 14.0. The van der Waals surface area contributed by atoms with Crippen molar-refractivity contribution in [2.45, 2.75) is 51.6 Å². The molecule has 2 rings (SSSR count). The van der Waals surface area contributed by atoms with Crippen LogP contribution in [0, 0.1) is 6.92 Å². The van der Waals surface area contributed by atoms with Gasteiger partial charge in [0.25, 0.3) is 0 Å². The lowest BCUT2D eigenvalue weighted by molar-refractivity contribution is -0.120. The van der Waals surface area contributed by atoms with Crippen molar-refractivity contribution in [2.24, 2.45) is 4.99 Å². The number of aryl methyl sites for hydroxylation is 1. The number of guanidine groups is 1. The summed E-state index contributed by atoms with van der Waals surface area (Å²) in [5.74, 6) is 1.42. The van der Waals surface area contributed by atoms with E-state index in [-0.39, 0.29) is 36.4 Å². The van der Waals surface area contributed by atoms with Gasteiger partial charge in [-0.1, -0.05) is 31.4 Å². The smallest absolute Gasteiger partial charge is 0.239 e. The minimum atomic E-state index is 0. The molecule has 164 valence electrons. The Morgan fingerprint density at radius 3 is 2.62 bits per heavy atom. The van der Waals surface area contributed by atoms with Crippen molar-refractivity contribution >= 4 is 35.8 Å². The molecular weight excluding hydrogens is 483 g/mol. The average molecular weight is 518 g/mol. The van der Waals surface area contributed by atoms with E-state index >= 15 is 0 Å². The number of rotatable bonds is 9. The quantitative estimate of drug-likeness (QED) is 0.203. The molecule has 29 heavy (non-hydrogen) atoms. The molecule has 1 aromatic rings. The average Bonchev–Trinajstić information content (AvgIpc) is 2.70. The first-order chi connectivity index (χ1) is 13.6. The van der Waals surface area contributed by atoms with Crippen LogP contribution in [0.5, 0.6) is 5.75 Å². The second-order valence-corrected chi connectivity index (χ2v) is 7.13. The van der Waals surface area contributed by atoms with Crippen LogP contribution in [0.4, 0.5) is 0 Å². The molecule has 0 heterocycles. The zero-order valence-electron chi connectivity index (χ0n) is 17.8. The zero-order valence-corrected chi connectivity index (χ0v) is 20.1. The number of nitrogens with zero attached hydrogens (tertiary/aromatic N) is 1. The fourth-order valence-electron chi connectivity index (χ4n) is 3.27. The molecule has 0 spiro atoms. The fourth-order valence-corrected chi connectivity index (χ4v) is 3.27. The van der Waals surface area contributed by atoms with Gasteiger partial charge in [-0.05, 0) is 31.4 Å². The van der Waals surface area contributed by atoms with Crippen LogP contribution in [0.25, 0.3) is 0 Å². The SMILES string of the molecule is CN=C(NCC(=O)NC1CCCCC1)NCc1ccc(C)cc1OCCOC.I. The van der Waals surface area contributed by atoms with Crippen LogP contribution < -0.4 is 20.7 Å². The Kier molecular flexibility index (Phi) is 12.7. The highest BCUT2D eigenvalue weighted by atomic mass is 127. The molecule has 0 unspecified atom stereocenters. The molecule has 1 saturated carbocycles. The maximum Gasteiger partial charge on any atom is 0.239 e. The van der Waals surface area contributed by atoms with Gasteiger partial charge in [0.05, 0.1) is 13.2 Å². The van der Waals surface area contributed by atoms with Crippen molar-refractivity contribution in [1.82, 2.24) is 16.0 Å².